The first-order chi connectivity index (χ1) is 13.3. The van der Waals surface area contributed by atoms with Crippen LogP contribution in [0.3, 0.4) is 0 Å². The lowest BCUT2D eigenvalue weighted by atomic mass is 9.93. The third kappa shape index (κ3) is 4.84. The molecule has 1 N–H and O–H groups in total. The molecule has 152 valence electrons. The number of hydrogen-bond donors (Lipinski definition) is 1. The molecule has 0 aliphatic heterocycles. The van der Waals surface area contributed by atoms with Crippen molar-refractivity contribution in [2.75, 3.05) is 17.3 Å². The monoisotopic (exact) mass is 413 g/mol. The molecule has 1 aromatic heterocycles. The van der Waals surface area contributed by atoms with Crippen LogP contribution in [0.15, 0.2) is 18.2 Å². The molecular weight excluding hydrogens is 391 g/mol. The molecule has 0 amide bonds. The van der Waals surface area contributed by atoms with Gasteiger partial charge in [-0.05, 0) is 37.5 Å². The highest BCUT2D eigenvalue weighted by Gasteiger charge is 2.35. The highest BCUT2D eigenvalue weighted by molar-refractivity contribution is 6.30. The Hall–Kier alpha value is -2.09. The molecule has 0 saturated heterocycles. The van der Waals surface area contributed by atoms with E-state index in [4.69, 9.17) is 11.6 Å². The highest BCUT2D eigenvalue weighted by Crippen LogP contribution is 2.36. The number of benzene rings is 1. The third-order valence-electron chi connectivity index (χ3n) is 4.95. The van der Waals surface area contributed by atoms with Crippen LogP contribution in [0.4, 0.5) is 25.1 Å². The topological polar surface area (TPSA) is 53.9 Å². The zero-order valence-electron chi connectivity index (χ0n) is 15.9. The van der Waals surface area contributed by atoms with Crippen molar-refractivity contribution in [1.82, 2.24) is 15.0 Å². The van der Waals surface area contributed by atoms with Crippen LogP contribution in [0.5, 0.6) is 0 Å². The van der Waals surface area contributed by atoms with Gasteiger partial charge < -0.3 is 10.2 Å². The van der Waals surface area contributed by atoms with Crippen LogP contribution >= 0.6 is 11.6 Å². The van der Waals surface area contributed by atoms with Gasteiger partial charge in [-0.25, -0.2) is 0 Å². The summed E-state index contributed by atoms with van der Waals surface area (Å²) in [5.74, 6) is 1.31. The van der Waals surface area contributed by atoms with Crippen molar-refractivity contribution >= 4 is 23.5 Å². The zero-order chi connectivity index (χ0) is 20.3. The fraction of sp³-hybridized carbons (Fsp3) is 0.526. The van der Waals surface area contributed by atoms with Gasteiger partial charge in [-0.15, -0.1) is 0 Å². The minimum absolute atomic E-state index is 0.0588. The van der Waals surface area contributed by atoms with Crippen LogP contribution in [0.25, 0.3) is 0 Å². The van der Waals surface area contributed by atoms with Crippen molar-refractivity contribution < 1.29 is 13.2 Å². The van der Waals surface area contributed by atoms with Crippen LogP contribution in [0.1, 0.15) is 49.1 Å². The van der Waals surface area contributed by atoms with E-state index in [1.54, 1.807) is 14.0 Å². The minimum atomic E-state index is -4.48. The minimum Gasteiger partial charge on any atom is -0.357 e. The van der Waals surface area contributed by atoms with Crippen molar-refractivity contribution in [1.29, 1.82) is 0 Å². The number of halogens is 4. The second-order valence-corrected chi connectivity index (χ2v) is 7.41. The van der Waals surface area contributed by atoms with Gasteiger partial charge in [-0.2, -0.15) is 28.1 Å². The Bertz CT molecular complexity index is 822. The van der Waals surface area contributed by atoms with Crippen molar-refractivity contribution in [3.8, 4) is 0 Å². The molecule has 2 aromatic rings. The lowest BCUT2D eigenvalue weighted by Crippen LogP contribution is -2.38. The fourth-order valence-corrected chi connectivity index (χ4v) is 3.77. The molecule has 1 aliphatic rings. The molecule has 1 saturated carbocycles. The van der Waals surface area contributed by atoms with Gasteiger partial charge in [-0.1, -0.05) is 36.9 Å². The first-order valence-corrected chi connectivity index (χ1v) is 9.68. The van der Waals surface area contributed by atoms with Gasteiger partial charge in [0, 0.05) is 24.7 Å². The Kier molecular flexibility index (Phi) is 6.27. The average Bonchev–Trinajstić information content (AvgIpc) is 2.66. The Morgan fingerprint density at radius 1 is 1.14 bits per heavy atom. The van der Waals surface area contributed by atoms with Crippen LogP contribution in [-0.4, -0.2) is 28.0 Å². The maximum absolute atomic E-state index is 13.6. The molecule has 1 heterocycles. The molecule has 0 atom stereocenters. The SMILES string of the molecule is CNc1nc(C)nc(N(Cc2ccc(Cl)cc2C(F)(F)F)C2CCCCC2)n1. The van der Waals surface area contributed by atoms with E-state index >= 15 is 0 Å². The molecule has 0 unspecified atom stereocenters. The number of anilines is 2. The van der Waals surface area contributed by atoms with E-state index in [2.05, 4.69) is 20.3 Å². The van der Waals surface area contributed by atoms with E-state index in [0.717, 1.165) is 38.2 Å². The van der Waals surface area contributed by atoms with Crippen LogP contribution in [-0.2, 0) is 12.7 Å². The number of hydrogen-bond acceptors (Lipinski definition) is 5. The van der Waals surface area contributed by atoms with Gasteiger partial charge in [-0.3, -0.25) is 0 Å². The second kappa shape index (κ2) is 8.51. The zero-order valence-corrected chi connectivity index (χ0v) is 16.6. The van der Waals surface area contributed by atoms with Gasteiger partial charge >= 0.3 is 6.18 Å². The summed E-state index contributed by atoms with van der Waals surface area (Å²) in [4.78, 5) is 14.9. The fourth-order valence-electron chi connectivity index (χ4n) is 3.60. The highest BCUT2D eigenvalue weighted by atomic mass is 35.5. The van der Waals surface area contributed by atoms with Crippen molar-refractivity contribution in [3.05, 3.63) is 40.2 Å². The summed E-state index contributed by atoms with van der Waals surface area (Å²) in [7, 11) is 1.70. The Morgan fingerprint density at radius 2 is 1.86 bits per heavy atom. The number of rotatable bonds is 5. The lowest BCUT2D eigenvalue weighted by molar-refractivity contribution is -0.138. The van der Waals surface area contributed by atoms with Gasteiger partial charge in [0.05, 0.1) is 5.56 Å². The van der Waals surface area contributed by atoms with Gasteiger partial charge in [0.25, 0.3) is 0 Å². The Balaban J connectivity index is 2.03. The molecule has 1 aliphatic carbocycles. The van der Waals surface area contributed by atoms with Crippen molar-refractivity contribution in [3.63, 3.8) is 0 Å². The van der Waals surface area contributed by atoms with E-state index in [-0.39, 0.29) is 23.2 Å². The lowest BCUT2D eigenvalue weighted by Gasteiger charge is -2.35. The standard InChI is InChI=1S/C19H23ClF3N5/c1-12-25-17(24-2)27-18(26-12)28(15-6-4-3-5-7-15)11-13-8-9-14(20)10-16(13)19(21,22)23/h8-10,15H,3-7,11H2,1-2H3,(H,24,25,26,27). The number of aromatic nitrogens is 3. The van der Waals surface area contributed by atoms with Gasteiger partial charge in [0.15, 0.2) is 0 Å². The number of nitrogens with one attached hydrogen (secondary N) is 1. The number of aryl methyl sites for hydroxylation is 1. The van der Waals surface area contributed by atoms with Crippen LogP contribution in [0.2, 0.25) is 5.02 Å². The summed E-state index contributed by atoms with van der Waals surface area (Å²) >= 11 is 5.83. The summed E-state index contributed by atoms with van der Waals surface area (Å²) in [6.07, 6.45) is 0.525. The van der Waals surface area contributed by atoms with E-state index in [9.17, 15) is 13.2 Å². The summed E-state index contributed by atoms with van der Waals surface area (Å²) < 4.78 is 40.7. The van der Waals surface area contributed by atoms with Gasteiger partial charge in [0.2, 0.25) is 11.9 Å². The van der Waals surface area contributed by atoms with Crippen LogP contribution < -0.4 is 10.2 Å². The second-order valence-electron chi connectivity index (χ2n) is 6.98. The summed E-state index contributed by atoms with van der Waals surface area (Å²) in [6.45, 7) is 1.80. The van der Waals surface area contributed by atoms with Crippen molar-refractivity contribution in [2.24, 2.45) is 0 Å². The molecule has 0 radical (unpaired) electrons. The smallest absolute Gasteiger partial charge is 0.357 e. The Labute approximate surface area is 167 Å². The Morgan fingerprint density at radius 3 is 2.50 bits per heavy atom. The van der Waals surface area contributed by atoms with E-state index in [1.807, 2.05) is 4.90 Å². The van der Waals surface area contributed by atoms with E-state index < -0.39 is 11.7 Å². The number of nitrogens with zero attached hydrogens (tertiary/aromatic N) is 4. The summed E-state index contributed by atoms with van der Waals surface area (Å²) in [5, 5.41) is 2.95. The van der Waals surface area contributed by atoms with E-state index in [0.29, 0.717) is 17.7 Å². The largest absolute Gasteiger partial charge is 0.416 e. The van der Waals surface area contributed by atoms with Crippen LogP contribution in [0, 0.1) is 6.92 Å². The molecule has 0 bridgehead atoms. The first kappa shape index (κ1) is 20.6. The summed E-state index contributed by atoms with van der Waals surface area (Å²) in [5.41, 5.74) is -0.563. The maximum Gasteiger partial charge on any atom is 0.416 e. The average molecular weight is 414 g/mol. The normalized spacial score (nSPS) is 15.5. The summed E-state index contributed by atoms with van der Waals surface area (Å²) in [6, 6.07) is 3.99. The molecule has 28 heavy (non-hydrogen) atoms. The molecular formula is C19H23ClF3N5. The third-order valence-corrected chi connectivity index (χ3v) is 5.18. The van der Waals surface area contributed by atoms with Gasteiger partial charge in [0.1, 0.15) is 5.82 Å². The first-order valence-electron chi connectivity index (χ1n) is 9.30. The number of alkyl halides is 3. The molecule has 5 nitrogen and oxygen atoms in total. The molecule has 1 aromatic carbocycles. The molecule has 3 rings (SSSR count). The maximum atomic E-state index is 13.6. The molecule has 1 fully saturated rings. The molecule has 9 heteroatoms. The quantitative estimate of drug-likeness (QED) is 0.727. The van der Waals surface area contributed by atoms with Crippen molar-refractivity contribution in [2.45, 2.75) is 57.8 Å². The predicted octanol–water partition coefficient (Wildman–Crippen LogP) is 5.23. The predicted molar refractivity (Wildman–Crippen MR) is 104 cm³/mol. The van der Waals surface area contributed by atoms with E-state index in [1.165, 1.54) is 12.1 Å². The molecule has 0 spiro atoms.